The molecule has 1 unspecified atom stereocenters. The first-order chi connectivity index (χ1) is 20.2. The molecule has 0 bridgehead atoms. The third-order valence-electron chi connectivity index (χ3n) is 7.79. The number of aromatic nitrogens is 4. The molecular weight excluding hydrogens is 543 g/mol. The second-order valence-electron chi connectivity index (χ2n) is 10.8. The van der Waals surface area contributed by atoms with Crippen LogP contribution in [-0.4, -0.2) is 70.1 Å². The van der Waals surface area contributed by atoms with E-state index in [1.807, 2.05) is 36.4 Å². The van der Waals surface area contributed by atoms with Gasteiger partial charge in [-0.2, -0.15) is 13.2 Å². The van der Waals surface area contributed by atoms with Crippen molar-refractivity contribution in [2.45, 2.75) is 38.3 Å². The molecule has 2 N–H and O–H groups in total. The summed E-state index contributed by atoms with van der Waals surface area (Å²) in [6.45, 7) is 2.79. The first kappa shape index (κ1) is 29.4. The van der Waals surface area contributed by atoms with Gasteiger partial charge in [-0.3, -0.25) is 19.7 Å². The van der Waals surface area contributed by atoms with Crippen molar-refractivity contribution in [3.8, 4) is 11.3 Å². The third kappa shape index (κ3) is 7.20. The molecule has 3 aromatic heterocycles. The summed E-state index contributed by atoms with van der Waals surface area (Å²) in [6, 6.07) is 13.4. The Kier molecular flexibility index (Phi) is 8.96. The summed E-state index contributed by atoms with van der Waals surface area (Å²) in [5.41, 5.74) is 4.95. The molecule has 11 heteroatoms. The van der Waals surface area contributed by atoms with Crippen molar-refractivity contribution < 1.29 is 18.0 Å². The predicted octanol–water partition coefficient (Wildman–Crippen LogP) is 5.48. The molecule has 5 rings (SSSR count). The van der Waals surface area contributed by atoms with Crippen LogP contribution in [0.5, 0.6) is 0 Å². The van der Waals surface area contributed by atoms with Gasteiger partial charge in [0.15, 0.2) is 0 Å². The van der Waals surface area contributed by atoms with E-state index >= 15 is 0 Å². The summed E-state index contributed by atoms with van der Waals surface area (Å²) in [5, 5.41) is 6.90. The van der Waals surface area contributed by atoms with Gasteiger partial charge in [-0.1, -0.05) is 25.1 Å². The number of nitrogens with one attached hydrogen (secondary N) is 2. The highest BCUT2D eigenvalue weighted by Gasteiger charge is 2.32. The molecule has 1 aliphatic rings. The van der Waals surface area contributed by atoms with Crippen molar-refractivity contribution in [1.29, 1.82) is 0 Å². The van der Waals surface area contributed by atoms with Crippen LogP contribution in [0.4, 0.5) is 19.0 Å². The molecule has 0 spiro atoms. The number of halogens is 3. The molecule has 1 amide bonds. The van der Waals surface area contributed by atoms with Crippen LogP contribution in [0, 0.1) is 5.92 Å². The molecule has 1 aliphatic heterocycles. The number of piperidine rings is 1. The van der Waals surface area contributed by atoms with E-state index in [2.05, 4.69) is 37.5 Å². The molecule has 1 aromatic carbocycles. The van der Waals surface area contributed by atoms with Crippen LogP contribution < -0.4 is 10.6 Å². The zero-order valence-corrected chi connectivity index (χ0v) is 23.7. The summed E-state index contributed by atoms with van der Waals surface area (Å²) >= 11 is 0. The Bertz CT molecular complexity index is 1520. The molecule has 4 heterocycles. The standard InChI is InChI=1S/C31H34F3N7O/c1-20(24-4-3-5-25-26(30(42)35-2)8-11-36-29(24)25)16-38-28-15-27(39-19-40-28)22-6-7-23(37-17-22)14-21-9-12-41(13-10-21)18-31(32,33)34/h3-8,11,15,17,19-21H,9-10,12-14,16,18H2,1-2H3,(H,35,42)(H,38,39,40). The van der Waals surface area contributed by atoms with Crippen molar-refractivity contribution in [2.75, 3.05) is 38.5 Å². The lowest BCUT2D eigenvalue weighted by molar-refractivity contribution is -0.148. The van der Waals surface area contributed by atoms with E-state index in [-0.39, 0.29) is 11.8 Å². The summed E-state index contributed by atoms with van der Waals surface area (Å²) < 4.78 is 38.0. The zero-order valence-electron chi connectivity index (χ0n) is 23.7. The van der Waals surface area contributed by atoms with Crippen molar-refractivity contribution in [3.63, 3.8) is 0 Å². The van der Waals surface area contributed by atoms with E-state index in [0.29, 0.717) is 36.9 Å². The Morgan fingerprint density at radius 1 is 1.07 bits per heavy atom. The molecule has 1 fully saturated rings. The molecule has 220 valence electrons. The highest BCUT2D eigenvalue weighted by atomic mass is 19.4. The topological polar surface area (TPSA) is 95.9 Å². The average Bonchev–Trinajstić information content (AvgIpc) is 2.99. The summed E-state index contributed by atoms with van der Waals surface area (Å²) in [6.07, 6.45) is 3.04. The Balaban J connectivity index is 1.19. The number of carbonyl (C=O) groups is 1. The minimum Gasteiger partial charge on any atom is -0.369 e. The minimum absolute atomic E-state index is 0.0841. The number of fused-ring (bicyclic) bond motifs is 1. The Labute approximate surface area is 242 Å². The fourth-order valence-corrected chi connectivity index (χ4v) is 5.50. The number of benzene rings is 1. The third-order valence-corrected chi connectivity index (χ3v) is 7.79. The lowest BCUT2D eigenvalue weighted by Gasteiger charge is -2.32. The maximum absolute atomic E-state index is 12.7. The molecule has 1 saturated heterocycles. The smallest absolute Gasteiger partial charge is 0.369 e. The number of nitrogens with zero attached hydrogens (tertiary/aromatic N) is 5. The number of carbonyl (C=O) groups excluding carboxylic acids is 1. The molecule has 1 atom stereocenters. The lowest BCUT2D eigenvalue weighted by atomic mass is 9.92. The Hall–Kier alpha value is -4.12. The van der Waals surface area contributed by atoms with Crippen LogP contribution in [-0.2, 0) is 6.42 Å². The van der Waals surface area contributed by atoms with Crippen LogP contribution in [0.3, 0.4) is 0 Å². The highest BCUT2D eigenvalue weighted by molar-refractivity contribution is 6.06. The maximum atomic E-state index is 12.7. The number of hydrogen-bond donors (Lipinski definition) is 2. The van der Waals surface area contributed by atoms with Crippen LogP contribution >= 0.6 is 0 Å². The van der Waals surface area contributed by atoms with E-state index in [0.717, 1.165) is 52.7 Å². The number of alkyl halides is 3. The fourth-order valence-electron chi connectivity index (χ4n) is 5.50. The van der Waals surface area contributed by atoms with Gasteiger partial charge in [-0.05, 0) is 62.0 Å². The van der Waals surface area contributed by atoms with Crippen LogP contribution in [0.2, 0.25) is 0 Å². The molecule has 0 aliphatic carbocycles. The summed E-state index contributed by atoms with van der Waals surface area (Å²) in [4.78, 5) is 31.8. The van der Waals surface area contributed by atoms with E-state index in [4.69, 9.17) is 0 Å². The van der Waals surface area contributed by atoms with E-state index < -0.39 is 12.7 Å². The van der Waals surface area contributed by atoms with Crippen molar-refractivity contribution in [2.24, 2.45) is 5.92 Å². The van der Waals surface area contributed by atoms with Crippen molar-refractivity contribution in [1.82, 2.24) is 30.2 Å². The molecule has 4 aromatic rings. The van der Waals surface area contributed by atoms with E-state index in [1.54, 1.807) is 25.5 Å². The number of pyridine rings is 2. The van der Waals surface area contributed by atoms with Gasteiger partial charge in [0, 0.05) is 54.6 Å². The van der Waals surface area contributed by atoms with Crippen LogP contribution in [0.15, 0.2) is 61.2 Å². The van der Waals surface area contributed by atoms with Gasteiger partial charge in [-0.25, -0.2) is 9.97 Å². The first-order valence-electron chi connectivity index (χ1n) is 14.1. The average molecular weight is 578 g/mol. The van der Waals surface area contributed by atoms with Gasteiger partial charge in [0.25, 0.3) is 5.91 Å². The minimum atomic E-state index is -4.15. The maximum Gasteiger partial charge on any atom is 0.401 e. The molecule has 0 radical (unpaired) electrons. The van der Waals surface area contributed by atoms with Gasteiger partial charge in [-0.15, -0.1) is 0 Å². The second kappa shape index (κ2) is 12.8. The quantitative estimate of drug-likeness (QED) is 0.272. The number of hydrogen-bond acceptors (Lipinski definition) is 7. The number of para-hydroxylation sites is 1. The lowest BCUT2D eigenvalue weighted by Crippen LogP contribution is -2.40. The van der Waals surface area contributed by atoms with Gasteiger partial charge in [0.2, 0.25) is 0 Å². The normalized spacial score (nSPS) is 15.5. The van der Waals surface area contributed by atoms with Gasteiger partial charge >= 0.3 is 6.18 Å². The Morgan fingerprint density at radius 2 is 1.88 bits per heavy atom. The summed E-state index contributed by atoms with van der Waals surface area (Å²) in [7, 11) is 1.61. The largest absolute Gasteiger partial charge is 0.401 e. The Morgan fingerprint density at radius 3 is 2.60 bits per heavy atom. The molecular formula is C31H34F3N7O. The summed E-state index contributed by atoms with van der Waals surface area (Å²) in [5.74, 6) is 0.949. The number of anilines is 1. The molecule has 42 heavy (non-hydrogen) atoms. The van der Waals surface area contributed by atoms with E-state index in [9.17, 15) is 18.0 Å². The van der Waals surface area contributed by atoms with Crippen LogP contribution in [0.1, 0.15) is 47.3 Å². The van der Waals surface area contributed by atoms with Crippen molar-refractivity contribution in [3.05, 3.63) is 78.0 Å². The van der Waals surface area contributed by atoms with E-state index in [1.165, 1.54) is 11.2 Å². The monoisotopic (exact) mass is 577 g/mol. The fraction of sp³-hybridized carbons (Fsp3) is 0.387. The second-order valence-corrected chi connectivity index (χ2v) is 10.8. The molecule has 0 saturated carbocycles. The van der Waals surface area contributed by atoms with Gasteiger partial charge in [0.1, 0.15) is 12.1 Å². The van der Waals surface area contributed by atoms with Crippen LogP contribution in [0.25, 0.3) is 22.2 Å². The SMILES string of the molecule is CNC(=O)c1ccnc2c(C(C)CNc3cc(-c4ccc(CC5CCN(CC(F)(F)F)CC5)nc4)ncn3)cccc12. The predicted molar refractivity (Wildman–Crippen MR) is 156 cm³/mol. The molecule has 8 nitrogen and oxygen atoms in total. The number of likely N-dealkylation sites (tertiary alicyclic amines) is 1. The first-order valence-corrected chi connectivity index (χ1v) is 14.1. The van der Waals surface area contributed by atoms with Crippen molar-refractivity contribution >= 4 is 22.6 Å². The zero-order chi connectivity index (χ0) is 29.7. The van der Waals surface area contributed by atoms with Gasteiger partial charge < -0.3 is 10.6 Å². The number of rotatable bonds is 9. The van der Waals surface area contributed by atoms with Gasteiger partial charge in [0.05, 0.1) is 23.3 Å². The number of amides is 1. The highest BCUT2D eigenvalue weighted by Crippen LogP contribution is 2.28.